The van der Waals surface area contributed by atoms with Crippen molar-refractivity contribution < 1.29 is 24.2 Å². The van der Waals surface area contributed by atoms with Gasteiger partial charge in [-0.2, -0.15) is 0 Å². The first-order valence-corrected chi connectivity index (χ1v) is 6.72. The summed E-state index contributed by atoms with van der Waals surface area (Å²) in [6, 6.07) is 3.19. The average molecular weight is 292 g/mol. The number of rotatable bonds is 8. The second-order valence-electron chi connectivity index (χ2n) is 4.67. The summed E-state index contributed by atoms with van der Waals surface area (Å²) in [5.74, 6) is -0.660. The van der Waals surface area contributed by atoms with Crippen molar-refractivity contribution in [2.75, 3.05) is 13.2 Å². The van der Waals surface area contributed by atoms with E-state index in [2.05, 4.69) is 6.58 Å². The molecule has 0 bridgehead atoms. The van der Waals surface area contributed by atoms with Gasteiger partial charge in [-0.25, -0.2) is 9.59 Å². The third kappa shape index (κ3) is 5.30. The molecule has 0 unspecified atom stereocenters. The highest BCUT2D eigenvalue weighted by atomic mass is 16.5. The summed E-state index contributed by atoms with van der Waals surface area (Å²) in [5.41, 5.74) is 1.85. The number of hydrogen-bond donors (Lipinski definition) is 1. The lowest BCUT2D eigenvalue weighted by Gasteiger charge is -2.13. The van der Waals surface area contributed by atoms with E-state index in [0.29, 0.717) is 25.4 Å². The minimum Gasteiger partial charge on any atom is -0.493 e. The summed E-state index contributed by atoms with van der Waals surface area (Å²) in [6.45, 7) is 7.78. The Hall–Kier alpha value is -2.30. The number of unbranched alkanes of at least 4 members (excludes halogenated alkanes) is 1. The molecule has 0 amide bonds. The highest BCUT2D eigenvalue weighted by molar-refractivity contribution is 5.88. The molecule has 1 aromatic carbocycles. The number of benzene rings is 1. The van der Waals surface area contributed by atoms with E-state index in [9.17, 15) is 9.59 Å². The Balaban J connectivity index is 2.44. The molecule has 1 N–H and O–H groups in total. The van der Waals surface area contributed by atoms with Gasteiger partial charge in [-0.1, -0.05) is 6.58 Å². The maximum absolute atomic E-state index is 10.9. The fourth-order valence-electron chi connectivity index (χ4n) is 1.91. The van der Waals surface area contributed by atoms with Crippen LogP contribution in [-0.4, -0.2) is 30.3 Å². The van der Waals surface area contributed by atoms with Crippen LogP contribution in [0.2, 0.25) is 0 Å². The van der Waals surface area contributed by atoms with E-state index in [4.69, 9.17) is 14.6 Å². The van der Waals surface area contributed by atoms with Crippen LogP contribution >= 0.6 is 0 Å². The van der Waals surface area contributed by atoms with Crippen molar-refractivity contribution in [1.82, 2.24) is 0 Å². The molecular formula is C16H20O5. The summed E-state index contributed by atoms with van der Waals surface area (Å²) >= 11 is 0. The Labute approximate surface area is 124 Å². The lowest BCUT2D eigenvalue weighted by Crippen LogP contribution is -2.06. The van der Waals surface area contributed by atoms with Crippen LogP contribution in [0.4, 0.5) is 0 Å². The zero-order valence-corrected chi connectivity index (χ0v) is 12.3. The van der Waals surface area contributed by atoms with Crippen molar-refractivity contribution in [3.63, 3.8) is 0 Å². The number of carboxylic acids is 1. The number of hydrogen-bond acceptors (Lipinski definition) is 4. The van der Waals surface area contributed by atoms with E-state index in [1.807, 2.05) is 13.8 Å². The van der Waals surface area contributed by atoms with E-state index in [-0.39, 0.29) is 5.56 Å². The highest BCUT2D eigenvalue weighted by Crippen LogP contribution is 2.25. The largest absolute Gasteiger partial charge is 0.493 e. The number of ether oxygens (including phenoxy) is 2. The highest BCUT2D eigenvalue weighted by Gasteiger charge is 2.10. The first-order chi connectivity index (χ1) is 9.95. The van der Waals surface area contributed by atoms with Crippen LogP contribution in [0.5, 0.6) is 5.75 Å². The molecule has 0 aliphatic carbocycles. The second kappa shape index (κ2) is 8.09. The van der Waals surface area contributed by atoms with Crippen LogP contribution in [0.25, 0.3) is 0 Å². The Morgan fingerprint density at radius 1 is 1.19 bits per heavy atom. The molecule has 0 aliphatic rings. The number of carbonyl (C=O) groups is 2. The maximum atomic E-state index is 10.9. The smallest absolute Gasteiger partial charge is 0.335 e. The first kappa shape index (κ1) is 16.8. The maximum Gasteiger partial charge on any atom is 0.335 e. The van der Waals surface area contributed by atoms with Gasteiger partial charge in [-0.15, -0.1) is 0 Å². The Morgan fingerprint density at radius 2 is 1.76 bits per heavy atom. The molecule has 114 valence electrons. The van der Waals surface area contributed by atoms with Crippen molar-refractivity contribution in [2.45, 2.75) is 26.7 Å². The van der Waals surface area contributed by atoms with Gasteiger partial charge in [0.25, 0.3) is 0 Å². The van der Waals surface area contributed by atoms with Crippen molar-refractivity contribution >= 4 is 11.9 Å². The van der Waals surface area contributed by atoms with Crippen LogP contribution in [0, 0.1) is 13.8 Å². The van der Waals surface area contributed by atoms with E-state index < -0.39 is 11.9 Å². The molecule has 1 rings (SSSR count). The molecule has 1 aromatic rings. The van der Waals surface area contributed by atoms with E-state index in [1.165, 1.54) is 0 Å². The number of aryl methyl sites for hydroxylation is 2. The number of carboxylic acid groups (broad SMARTS) is 1. The molecule has 0 fully saturated rings. The van der Waals surface area contributed by atoms with Crippen LogP contribution < -0.4 is 4.74 Å². The van der Waals surface area contributed by atoms with Gasteiger partial charge in [0.15, 0.2) is 0 Å². The van der Waals surface area contributed by atoms with E-state index in [1.54, 1.807) is 12.1 Å². The summed E-state index contributed by atoms with van der Waals surface area (Å²) in [5, 5.41) is 8.97. The molecular weight excluding hydrogens is 272 g/mol. The average Bonchev–Trinajstić information content (AvgIpc) is 2.44. The third-order valence-corrected chi connectivity index (χ3v) is 2.90. The van der Waals surface area contributed by atoms with E-state index in [0.717, 1.165) is 23.6 Å². The molecule has 5 heteroatoms. The molecule has 21 heavy (non-hydrogen) atoms. The molecule has 0 aliphatic heterocycles. The van der Waals surface area contributed by atoms with Crippen molar-refractivity contribution in [3.05, 3.63) is 41.5 Å². The number of carbonyl (C=O) groups excluding carboxylic acids is 1. The van der Waals surface area contributed by atoms with Crippen molar-refractivity contribution in [1.29, 1.82) is 0 Å². The molecule has 0 saturated heterocycles. The van der Waals surface area contributed by atoms with Crippen molar-refractivity contribution in [3.8, 4) is 5.75 Å². The fraction of sp³-hybridized carbons (Fsp3) is 0.375. The van der Waals surface area contributed by atoms with Gasteiger partial charge in [0.05, 0.1) is 18.8 Å². The monoisotopic (exact) mass is 292 g/mol. The molecule has 0 atom stereocenters. The van der Waals surface area contributed by atoms with Crippen LogP contribution in [0.1, 0.15) is 34.3 Å². The van der Waals surface area contributed by atoms with Gasteiger partial charge in [-0.3, -0.25) is 0 Å². The fourth-order valence-corrected chi connectivity index (χ4v) is 1.91. The zero-order chi connectivity index (χ0) is 15.8. The molecule has 0 aromatic heterocycles. The van der Waals surface area contributed by atoms with Crippen LogP contribution in [0.3, 0.4) is 0 Å². The van der Waals surface area contributed by atoms with Gasteiger partial charge in [0, 0.05) is 6.08 Å². The lowest BCUT2D eigenvalue weighted by atomic mass is 10.1. The Bertz CT molecular complexity index is 510. The SMILES string of the molecule is C=CC(=O)OCCCCOc1c(C)cc(C(=O)O)cc1C. The first-order valence-electron chi connectivity index (χ1n) is 6.72. The topological polar surface area (TPSA) is 72.8 Å². The molecule has 0 heterocycles. The third-order valence-electron chi connectivity index (χ3n) is 2.90. The minimum absolute atomic E-state index is 0.258. The van der Waals surface area contributed by atoms with Gasteiger partial charge in [0.1, 0.15) is 5.75 Å². The minimum atomic E-state index is -0.947. The Morgan fingerprint density at radius 3 is 2.29 bits per heavy atom. The number of esters is 1. The standard InChI is InChI=1S/C16H20O5/c1-4-14(17)20-7-5-6-8-21-15-11(2)9-13(16(18)19)10-12(15)3/h4,9-10H,1,5-8H2,2-3H3,(H,18,19). The summed E-state index contributed by atoms with van der Waals surface area (Å²) in [6.07, 6.45) is 2.57. The zero-order valence-electron chi connectivity index (χ0n) is 12.3. The molecule has 0 radical (unpaired) electrons. The van der Waals surface area contributed by atoms with E-state index >= 15 is 0 Å². The Kier molecular flexibility index (Phi) is 6.46. The van der Waals surface area contributed by atoms with Gasteiger partial charge < -0.3 is 14.6 Å². The summed E-state index contributed by atoms with van der Waals surface area (Å²) in [7, 11) is 0. The van der Waals surface area contributed by atoms with Gasteiger partial charge >= 0.3 is 11.9 Å². The predicted octanol–water partition coefficient (Wildman–Crippen LogP) is 2.89. The molecule has 0 saturated carbocycles. The quantitative estimate of drug-likeness (QED) is 0.453. The van der Waals surface area contributed by atoms with Crippen molar-refractivity contribution in [2.24, 2.45) is 0 Å². The van der Waals surface area contributed by atoms with Crippen LogP contribution in [0.15, 0.2) is 24.8 Å². The summed E-state index contributed by atoms with van der Waals surface area (Å²) < 4.78 is 10.5. The van der Waals surface area contributed by atoms with Crippen LogP contribution in [-0.2, 0) is 9.53 Å². The predicted molar refractivity (Wildman–Crippen MR) is 78.8 cm³/mol. The lowest BCUT2D eigenvalue weighted by molar-refractivity contribution is -0.137. The second-order valence-corrected chi connectivity index (χ2v) is 4.67. The summed E-state index contributed by atoms with van der Waals surface area (Å²) in [4.78, 5) is 21.8. The van der Waals surface area contributed by atoms with Gasteiger partial charge in [-0.05, 0) is 49.9 Å². The molecule has 0 spiro atoms. The molecule has 5 nitrogen and oxygen atoms in total. The normalized spacial score (nSPS) is 10.0. The number of aromatic carboxylic acids is 1. The van der Waals surface area contributed by atoms with Gasteiger partial charge in [0.2, 0.25) is 0 Å².